The number of amides is 2. The molecule has 35 heavy (non-hydrogen) atoms. The molecule has 1 atom stereocenters. The number of primary amides is 1. The minimum absolute atomic E-state index is 0.00217. The first-order chi connectivity index (χ1) is 16.4. The Hall–Kier alpha value is -3.62. The Bertz CT molecular complexity index is 1140. The lowest BCUT2D eigenvalue weighted by Crippen LogP contribution is -2.55. The number of rotatable bonds is 9. The van der Waals surface area contributed by atoms with Crippen LogP contribution >= 0.6 is 0 Å². The summed E-state index contributed by atoms with van der Waals surface area (Å²) in [7, 11) is 1.49. The van der Waals surface area contributed by atoms with Crippen molar-refractivity contribution >= 4 is 17.8 Å². The van der Waals surface area contributed by atoms with E-state index in [9.17, 15) is 18.8 Å². The number of hydrogen-bond donors (Lipinski definition) is 1. The second kappa shape index (κ2) is 9.93. The van der Waals surface area contributed by atoms with Crippen molar-refractivity contribution in [2.75, 3.05) is 7.11 Å². The fraction of sp³-hybridized carbons (Fsp3) is 0.423. The molecule has 0 saturated carbocycles. The molecule has 0 spiro atoms. The quantitative estimate of drug-likeness (QED) is 0.541. The Kier molecular flexibility index (Phi) is 7.38. The molecule has 0 aromatic heterocycles. The van der Waals surface area contributed by atoms with Gasteiger partial charge in [0.1, 0.15) is 35.1 Å². The standard InChI is InChI=1S/C26H31FN2O6/c1-25(2,3)35-22(30)11-12-26(4,24(28)32)29-14-19-18(23(29)31)7-6-8-21(19)34-15-16-13-17(33-5)9-10-20(16)27/h6-10,13H,11-12,14-15H2,1-5H3,(H2,28,32)/t26-/m0/s1. The van der Waals surface area contributed by atoms with Crippen LogP contribution in [0.1, 0.15) is 62.0 Å². The van der Waals surface area contributed by atoms with Crippen molar-refractivity contribution in [3.8, 4) is 11.5 Å². The van der Waals surface area contributed by atoms with E-state index in [1.165, 1.54) is 37.1 Å². The van der Waals surface area contributed by atoms with Gasteiger partial charge in [-0.3, -0.25) is 14.4 Å². The van der Waals surface area contributed by atoms with Crippen LogP contribution in [-0.4, -0.2) is 40.9 Å². The van der Waals surface area contributed by atoms with Gasteiger partial charge in [-0.1, -0.05) is 6.07 Å². The number of nitrogens with zero attached hydrogens (tertiary/aromatic N) is 1. The third-order valence-corrected chi connectivity index (χ3v) is 5.92. The van der Waals surface area contributed by atoms with E-state index in [0.717, 1.165) is 0 Å². The highest BCUT2D eigenvalue weighted by Crippen LogP contribution is 2.37. The molecule has 1 aliphatic rings. The minimum Gasteiger partial charge on any atom is -0.497 e. The van der Waals surface area contributed by atoms with Crippen LogP contribution in [0.25, 0.3) is 0 Å². The van der Waals surface area contributed by atoms with E-state index in [4.69, 9.17) is 19.9 Å². The molecule has 0 fully saturated rings. The molecule has 2 aromatic carbocycles. The number of carbonyl (C=O) groups is 3. The molecule has 9 heteroatoms. The molecule has 0 aliphatic carbocycles. The second-order valence-electron chi connectivity index (χ2n) is 9.64. The normalized spacial score (nSPS) is 14.8. The third-order valence-electron chi connectivity index (χ3n) is 5.92. The van der Waals surface area contributed by atoms with Crippen molar-refractivity contribution in [3.05, 3.63) is 58.9 Å². The van der Waals surface area contributed by atoms with Gasteiger partial charge in [0, 0.05) is 23.1 Å². The molecular weight excluding hydrogens is 455 g/mol. The van der Waals surface area contributed by atoms with E-state index in [1.54, 1.807) is 39.0 Å². The van der Waals surface area contributed by atoms with Gasteiger partial charge in [-0.2, -0.15) is 0 Å². The number of hydrogen-bond acceptors (Lipinski definition) is 6. The lowest BCUT2D eigenvalue weighted by atomic mass is 9.92. The van der Waals surface area contributed by atoms with E-state index in [-0.39, 0.29) is 26.0 Å². The van der Waals surface area contributed by atoms with Crippen LogP contribution in [0.5, 0.6) is 11.5 Å². The molecule has 2 amide bonds. The maximum atomic E-state index is 14.2. The van der Waals surface area contributed by atoms with Gasteiger partial charge in [-0.05, 0) is 64.4 Å². The summed E-state index contributed by atoms with van der Waals surface area (Å²) in [6, 6.07) is 9.30. The number of esters is 1. The maximum absolute atomic E-state index is 14.2. The largest absolute Gasteiger partial charge is 0.497 e. The predicted molar refractivity (Wildman–Crippen MR) is 126 cm³/mol. The van der Waals surface area contributed by atoms with Gasteiger partial charge in [0.05, 0.1) is 13.7 Å². The van der Waals surface area contributed by atoms with Crippen molar-refractivity contribution in [1.82, 2.24) is 4.90 Å². The molecule has 2 N–H and O–H groups in total. The molecule has 0 radical (unpaired) electrons. The van der Waals surface area contributed by atoms with Crippen molar-refractivity contribution in [3.63, 3.8) is 0 Å². The first-order valence-corrected chi connectivity index (χ1v) is 11.3. The molecule has 1 aliphatic heterocycles. The molecule has 1 heterocycles. The smallest absolute Gasteiger partial charge is 0.306 e. The van der Waals surface area contributed by atoms with Crippen LogP contribution in [0.15, 0.2) is 36.4 Å². The summed E-state index contributed by atoms with van der Waals surface area (Å²) in [5.41, 5.74) is 4.82. The van der Waals surface area contributed by atoms with Crippen LogP contribution < -0.4 is 15.2 Å². The minimum atomic E-state index is -1.43. The summed E-state index contributed by atoms with van der Waals surface area (Å²) in [4.78, 5) is 39.3. The average molecular weight is 487 g/mol. The summed E-state index contributed by atoms with van der Waals surface area (Å²) >= 11 is 0. The van der Waals surface area contributed by atoms with Crippen LogP contribution in [0.4, 0.5) is 4.39 Å². The van der Waals surface area contributed by atoms with Gasteiger partial charge < -0.3 is 24.8 Å². The van der Waals surface area contributed by atoms with E-state index in [1.807, 2.05) is 0 Å². The number of methoxy groups -OCH3 is 1. The zero-order valence-electron chi connectivity index (χ0n) is 20.6. The Morgan fingerprint density at radius 1 is 1.14 bits per heavy atom. The lowest BCUT2D eigenvalue weighted by molar-refractivity contribution is -0.155. The summed E-state index contributed by atoms with van der Waals surface area (Å²) in [6.45, 7) is 6.75. The number of ether oxygens (including phenoxy) is 3. The molecule has 3 rings (SSSR count). The SMILES string of the molecule is COc1ccc(F)c(COc2cccc3c2CN([C@@](C)(CCC(=O)OC(C)(C)C)C(N)=O)C3=O)c1. The number of nitrogens with two attached hydrogens (primary N) is 1. The zero-order valence-corrected chi connectivity index (χ0v) is 20.6. The summed E-state index contributed by atoms with van der Waals surface area (Å²) < 4.78 is 30.6. The molecule has 0 saturated heterocycles. The molecule has 0 unspecified atom stereocenters. The van der Waals surface area contributed by atoms with Crippen LogP contribution in [0, 0.1) is 5.82 Å². The summed E-state index contributed by atoms with van der Waals surface area (Å²) in [5.74, 6) is -1.18. The van der Waals surface area contributed by atoms with Gasteiger partial charge in [0.15, 0.2) is 0 Å². The van der Waals surface area contributed by atoms with E-state index in [2.05, 4.69) is 0 Å². The van der Waals surface area contributed by atoms with Gasteiger partial charge in [-0.15, -0.1) is 0 Å². The molecule has 188 valence electrons. The average Bonchev–Trinajstić information content (AvgIpc) is 3.13. The van der Waals surface area contributed by atoms with Crippen LogP contribution in [0.2, 0.25) is 0 Å². The summed E-state index contributed by atoms with van der Waals surface area (Å²) in [6.07, 6.45) is -0.0858. The third kappa shape index (κ3) is 5.72. The first-order valence-electron chi connectivity index (χ1n) is 11.3. The van der Waals surface area contributed by atoms with E-state index < -0.39 is 34.7 Å². The Balaban J connectivity index is 1.80. The Morgan fingerprint density at radius 2 is 1.86 bits per heavy atom. The van der Waals surface area contributed by atoms with E-state index in [0.29, 0.717) is 28.2 Å². The Morgan fingerprint density at radius 3 is 2.49 bits per heavy atom. The number of fused-ring (bicyclic) bond motifs is 1. The van der Waals surface area contributed by atoms with Crippen molar-refractivity contribution in [1.29, 1.82) is 0 Å². The van der Waals surface area contributed by atoms with Gasteiger partial charge in [-0.25, -0.2) is 4.39 Å². The molecule has 0 bridgehead atoms. The first kappa shape index (κ1) is 26.0. The maximum Gasteiger partial charge on any atom is 0.306 e. The van der Waals surface area contributed by atoms with Gasteiger partial charge in [0.2, 0.25) is 5.91 Å². The van der Waals surface area contributed by atoms with Crippen molar-refractivity contribution in [2.24, 2.45) is 5.73 Å². The molecule has 8 nitrogen and oxygen atoms in total. The number of halogens is 1. The zero-order chi connectivity index (χ0) is 26.0. The van der Waals surface area contributed by atoms with Crippen LogP contribution in [-0.2, 0) is 27.5 Å². The lowest BCUT2D eigenvalue weighted by Gasteiger charge is -2.36. The fourth-order valence-electron chi connectivity index (χ4n) is 3.91. The Labute approximate surface area is 204 Å². The topological polar surface area (TPSA) is 108 Å². The number of carbonyl (C=O) groups excluding carboxylic acids is 3. The highest BCUT2D eigenvalue weighted by molar-refractivity contribution is 6.02. The van der Waals surface area contributed by atoms with Crippen molar-refractivity contribution in [2.45, 2.75) is 64.8 Å². The van der Waals surface area contributed by atoms with Crippen LogP contribution in [0.3, 0.4) is 0 Å². The highest BCUT2D eigenvalue weighted by atomic mass is 19.1. The van der Waals surface area contributed by atoms with Gasteiger partial charge in [0.25, 0.3) is 5.91 Å². The van der Waals surface area contributed by atoms with E-state index >= 15 is 0 Å². The second-order valence-corrected chi connectivity index (χ2v) is 9.64. The molecular formula is C26H31FN2O6. The number of benzene rings is 2. The molecule has 2 aromatic rings. The fourth-order valence-corrected chi connectivity index (χ4v) is 3.91. The van der Waals surface area contributed by atoms with Crippen molar-refractivity contribution < 1.29 is 33.0 Å². The predicted octanol–water partition coefficient (Wildman–Crippen LogP) is 3.74. The van der Waals surface area contributed by atoms with Gasteiger partial charge >= 0.3 is 5.97 Å². The monoisotopic (exact) mass is 486 g/mol. The highest BCUT2D eigenvalue weighted by Gasteiger charge is 2.46. The summed E-state index contributed by atoms with van der Waals surface area (Å²) in [5, 5.41) is 0.